The van der Waals surface area contributed by atoms with Crippen LogP contribution in [-0.4, -0.2) is 42.4 Å². The molecule has 2 aromatic carbocycles. The second kappa shape index (κ2) is 8.82. The zero-order valence-corrected chi connectivity index (χ0v) is 16.0. The van der Waals surface area contributed by atoms with Gasteiger partial charge in [0.25, 0.3) is 5.91 Å². The van der Waals surface area contributed by atoms with E-state index in [0.29, 0.717) is 6.54 Å². The third-order valence-corrected chi connectivity index (χ3v) is 4.83. The lowest BCUT2D eigenvalue weighted by Crippen LogP contribution is -2.46. The maximum Gasteiger partial charge on any atom is 0.251 e. The Morgan fingerprint density at radius 3 is 2.26 bits per heavy atom. The van der Waals surface area contributed by atoms with E-state index in [1.54, 1.807) is 0 Å². The van der Waals surface area contributed by atoms with Gasteiger partial charge in [-0.1, -0.05) is 35.4 Å². The van der Waals surface area contributed by atoms with E-state index in [2.05, 4.69) is 21.6 Å². The average Bonchev–Trinajstić information content (AvgIpc) is 2.63. The molecule has 2 aromatic rings. The summed E-state index contributed by atoms with van der Waals surface area (Å²) in [5.41, 5.74) is 3.73. The molecule has 2 N–H and O–H groups in total. The molecule has 1 aliphatic heterocycles. The predicted octanol–water partition coefficient (Wildman–Crippen LogP) is 3.14. The molecule has 0 bridgehead atoms. The van der Waals surface area contributed by atoms with E-state index < -0.39 is 0 Å². The van der Waals surface area contributed by atoms with E-state index in [1.165, 1.54) is 0 Å². The quantitative estimate of drug-likeness (QED) is 0.856. The molecule has 2 amide bonds. The Kier molecular flexibility index (Phi) is 6.24. The van der Waals surface area contributed by atoms with Crippen molar-refractivity contribution in [3.63, 3.8) is 0 Å². The zero-order valence-electron chi connectivity index (χ0n) is 16.0. The van der Waals surface area contributed by atoms with Crippen LogP contribution in [0.5, 0.6) is 0 Å². The summed E-state index contributed by atoms with van der Waals surface area (Å²) < 4.78 is 0. The molecular formula is C22H27N3O2. The van der Waals surface area contributed by atoms with Gasteiger partial charge in [-0.05, 0) is 51.0 Å². The van der Waals surface area contributed by atoms with Crippen LogP contribution in [0.2, 0.25) is 0 Å². The van der Waals surface area contributed by atoms with E-state index >= 15 is 0 Å². The van der Waals surface area contributed by atoms with Crippen molar-refractivity contribution in [3.8, 4) is 0 Å². The van der Waals surface area contributed by atoms with Crippen molar-refractivity contribution in [2.24, 2.45) is 0 Å². The second-order valence-electron chi connectivity index (χ2n) is 7.31. The summed E-state index contributed by atoms with van der Waals surface area (Å²) in [6, 6.07) is 15.6. The second-order valence-corrected chi connectivity index (χ2v) is 7.31. The van der Waals surface area contributed by atoms with Crippen LogP contribution in [0.15, 0.2) is 48.5 Å². The van der Waals surface area contributed by atoms with Crippen molar-refractivity contribution < 1.29 is 9.59 Å². The van der Waals surface area contributed by atoms with Gasteiger partial charge >= 0.3 is 0 Å². The Labute approximate surface area is 160 Å². The minimum absolute atomic E-state index is 0.000999. The minimum Gasteiger partial charge on any atom is -0.349 e. The largest absolute Gasteiger partial charge is 0.349 e. The summed E-state index contributed by atoms with van der Waals surface area (Å²) in [6.07, 6.45) is 1.71. The summed E-state index contributed by atoms with van der Waals surface area (Å²) >= 11 is 0. The number of carbonyl (C=O) groups is 2. The lowest BCUT2D eigenvalue weighted by atomic mass is 10.0. The van der Waals surface area contributed by atoms with E-state index in [0.717, 1.165) is 48.3 Å². The van der Waals surface area contributed by atoms with Gasteiger partial charge in [0.2, 0.25) is 5.91 Å². The van der Waals surface area contributed by atoms with Crippen molar-refractivity contribution in [1.29, 1.82) is 0 Å². The molecule has 5 heteroatoms. The molecule has 142 valence electrons. The Morgan fingerprint density at radius 2 is 1.63 bits per heavy atom. The fourth-order valence-electron chi connectivity index (χ4n) is 3.54. The number of likely N-dealkylation sites (tertiary alicyclic amines) is 1. The van der Waals surface area contributed by atoms with Crippen LogP contribution >= 0.6 is 0 Å². The number of hydrogen-bond acceptors (Lipinski definition) is 3. The van der Waals surface area contributed by atoms with Crippen LogP contribution in [0.1, 0.15) is 34.3 Å². The molecule has 0 aliphatic carbocycles. The number of nitrogens with one attached hydrogen (secondary N) is 2. The molecule has 1 fully saturated rings. The lowest BCUT2D eigenvalue weighted by Gasteiger charge is -2.31. The van der Waals surface area contributed by atoms with Crippen molar-refractivity contribution in [2.75, 3.05) is 25.0 Å². The standard InChI is InChI=1S/C22H27N3O2/c1-16-12-17(2)14-18(13-16)22(27)24-20-8-10-25(11-9-20)15-21(26)23-19-6-4-3-5-7-19/h3-7,12-14,20H,8-11,15H2,1-2H3,(H,23,26)(H,24,27). The van der Waals surface area contributed by atoms with Crippen LogP contribution in [0, 0.1) is 13.8 Å². The molecule has 1 heterocycles. The molecule has 0 spiro atoms. The van der Waals surface area contributed by atoms with E-state index in [4.69, 9.17) is 0 Å². The SMILES string of the molecule is Cc1cc(C)cc(C(=O)NC2CCN(CC(=O)Nc3ccccc3)CC2)c1. The summed E-state index contributed by atoms with van der Waals surface area (Å²) in [5, 5.41) is 6.05. The van der Waals surface area contributed by atoms with Crippen molar-refractivity contribution in [3.05, 3.63) is 65.2 Å². The number of rotatable bonds is 5. The van der Waals surface area contributed by atoms with Crippen LogP contribution in [0.25, 0.3) is 0 Å². The Balaban J connectivity index is 1.44. The fraction of sp³-hybridized carbons (Fsp3) is 0.364. The van der Waals surface area contributed by atoms with Crippen molar-refractivity contribution in [1.82, 2.24) is 10.2 Å². The van der Waals surface area contributed by atoms with E-state index in [-0.39, 0.29) is 17.9 Å². The van der Waals surface area contributed by atoms with E-state index in [9.17, 15) is 9.59 Å². The number of aryl methyl sites for hydroxylation is 2. The highest BCUT2D eigenvalue weighted by Gasteiger charge is 2.22. The maximum atomic E-state index is 12.5. The lowest BCUT2D eigenvalue weighted by molar-refractivity contribution is -0.117. The predicted molar refractivity (Wildman–Crippen MR) is 108 cm³/mol. The summed E-state index contributed by atoms with van der Waals surface area (Å²) in [5.74, 6) is -0.0130. The molecule has 0 aromatic heterocycles. The molecule has 0 radical (unpaired) electrons. The average molecular weight is 365 g/mol. The molecule has 27 heavy (non-hydrogen) atoms. The van der Waals surface area contributed by atoms with Crippen LogP contribution in [-0.2, 0) is 4.79 Å². The number of hydrogen-bond donors (Lipinski definition) is 2. The maximum absolute atomic E-state index is 12.5. The number of benzene rings is 2. The van der Waals surface area contributed by atoms with Crippen LogP contribution < -0.4 is 10.6 Å². The van der Waals surface area contributed by atoms with E-state index in [1.807, 2.05) is 56.3 Å². The summed E-state index contributed by atoms with van der Waals surface area (Å²) in [6.45, 7) is 6.00. The number of para-hydroxylation sites is 1. The van der Waals surface area contributed by atoms with Gasteiger partial charge in [-0.3, -0.25) is 14.5 Å². The molecule has 1 aliphatic rings. The molecule has 0 saturated carbocycles. The van der Waals surface area contributed by atoms with Gasteiger partial charge in [0.1, 0.15) is 0 Å². The van der Waals surface area contributed by atoms with Gasteiger partial charge in [0, 0.05) is 30.4 Å². The highest BCUT2D eigenvalue weighted by atomic mass is 16.2. The van der Waals surface area contributed by atoms with Crippen molar-refractivity contribution in [2.45, 2.75) is 32.7 Å². The van der Waals surface area contributed by atoms with Gasteiger partial charge in [0.15, 0.2) is 0 Å². The van der Waals surface area contributed by atoms with Gasteiger partial charge in [-0.2, -0.15) is 0 Å². The third kappa shape index (κ3) is 5.66. The van der Waals surface area contributed by atoms with Gasteiger partial charge in [0.05, 0.1) is 6.54 Å². The number of anilines is 1. The first-order chi connectivity index (χ1) is 13.0. The van der Waals surface area contributed by atoms with Gasteiger partial charge in [-0.15, -0.1) is 0 Å². The monoisotopic (exact) mass is 365 g/mol. The highest BCUT2D eigenvalue weighted by molar-refractivity contribution is 5.94. The smallest absolute Gasteiger partial charge is 0.251 e. The first-order valence-corrected chi connectivity index (χ1v) is 9.46. The Morgan fingerprint density at radius 1 is 1.00 bits per heavy atom. The normalized spacial score (nSPS) is 15.3. The fourth-order valence-corrected chi connectivity index (χ4v) is 3.54. The molecule has 0 atom stereocenters. The number of amides is 2. The van der Waals surface area contributed by atoms with Gasteiger partial charge in [-0.25, -0.2) is 0 Å². The number of carbonyl (C=O) groups excluding carboxylic acids is 2. The first kappa shape index (κ1) is 19.1. The third-order valence-electron chi connectivity index (χ3n) is 4.83. The molecule has 3 rings (SSSR count). The van der Waals surface area contributed by atoms with Crippen molar-refractivity contribution >= 4 is 17.5 Å². The van der Waals surface area contributed by atoms with Gasteiger partial charge < -0.3 is 10.6 Å². The Hall–Kier alpha value is -2.66. The molecule has 1 saturated heterocycles. The summed E-state index contributed by atoms with van der Waals surface area (Å²) in [4.78, 5) is 26.8. The number of piperidine rings is 1. The topological polar surface area (TPSA) is 61.4 Å². The summed E-state index contributed by atoms with van der Waals surface area (Å²) in [7, 11) is 0. The minimum atomic E-state index is -0.0120. The molecular weight excluding hydrogens is 338 g/mol. The Bertz CT molecular complexity index is 776. The zero-order chi connectivity index (χ0) is 19.2. The molecule has 5 nitrogen and oxygen atoms in total. The van der Waals surface area contributed by atoms with Crippen LogP contribution in [0.3, 0.4) is 0 Å². The highest BCUT2D eigenvalue weighted by Crippen LogP contribution is 2.14. The first-order valence-electron chi connectivity index (χ1n) is 9.46. The van der Waals surface area contributed by atoms with Crippen LogP contribution in [0.4, 0.5) is 5.69 Å². The molecule has 0 unspecified atom stereocenters. The number of nitrogens with zero attached hydrogens (tertiary/aromatic N) is 1.